The Labute approximate surface area is 94.3 Å². The molecule has 1 aromatic rings. The topological polar surface area (TPSA) is 62.6 Å². The average molecular weight is 229 g/mol. The molecule has 0 aliphatic carbocycles. The first-order chi connectivity index (χ1) is 7.19. The van der Waals surface area contributed by atoms with Gasteiger partial charge in [0.15, 0.2) is 0 Å². The molecule has 0 spiro atoms. The summed E-state index contributed by atoms with van der Waals surface area (Å²) in [4.78, 5) is 3.99. The second-order valence-corrected chi connectivity index (χ2v) is 3.42. The van der Waals surface area contributed by atoms with Crippen molar-refractivity contribution >= 4 is 12.6 Å². The molecule has 1 rings (SSSR count). The van der Waals surface area contributed by atoms with Crippen molar-refractivity contribution in [1.29, 1.82) is 0 Å². The number of hydrogen-bond donors (Lipinski definition) is 3. The monoisotopic (exact) mass is 229 g/mol. The van der Waals surface area contributed by atoms with E-state index in [4.69, 9.17) is 4.74 Å². The number of pyridine rings is 1. The van der Waals surface area contributed by atoms with Gasteiger partial charge in [-0.2, -0.15) is 12.6 Å². The van der Waals surface area contributed by atoms with Gasteiger partial charge in [0.1, 0.15) is 6.10 Å². The minimum Gasteiger partial charge on any atom is -0.478 e. The molecule has 0 radical (unpaired) electrons. The van der Waals surface area contributed by atoms with E-state index in [1.165, 1.54) is 6.20 Å². The molecular weight excluding hydrogens is 214 g/mol. The third-order valence-electron chi connectivity index (χ3n) is 1.94. The van der Waals surface area contributed by atoms with Gasteiger partial charge < -0.3 is 14.9 Å². The lowest BCUT2D eigenvalue weighted by Gasteiger charge is -2.15. The normalized spacial score (nSPS) is 14.7. The Morgan fingerprint density at radius 3 is 2.67 bits per heavy atom. The molecule has 0 amide bonds. The van der Waals surface area contributed by atoms with Gasteiger partial charge in [-0.05, 0) is 13.0 Å². The zero-order valence-electron chi connectivity index (χ0n) is 8.50. The van der Waals surface area contributed by atoms with E-state index < -0.39 is 12.2 Å². The first kappa shape index (κ1) is 12.3. The van der Waals surface area contributed by atoms with Crippen molar-refractivity contribution in [1.82, 2.24) is 4.98 Å². The zero-order chi connectivity index (χ0) is 11.3. The van der Waals surface area contributed by atoms with Crippen molar-refractivity contribution in [3.63, 3.8) is 0 Å². The summed E-state index contributed by atoms with van der Waals surface area (Å²) in [6.07, 6.45) is -0.346. The van der Waals surface area contributed by atoms with Crippen LogP contribution in [0.3, 0.4) is 0 Å². The molecule has 5 heteroatoms. The van der Waals surface area contributed by atoms with Crippen molar-refractivity contribution in [2.24, 2.45) is 0 Å². The molecular formula is C10H15NO3S. The van der Waals surface area contributed by atoms with Crippen LogP contribution in [0.5, 0.6) is 5.88 Å². The number of hydrogen-bond acceptors (Lipinski definition) is 5. The highest BCUT2D eigenvalue weighted by atomic mass is 32.1. The van der Waals surface area contributed by atoms with Gasteiger partial charge in [-0.1, -0.05) is 0 Å². The molecule has 2 N–H and O–H groups in total. The van der Waals surface area contributed by atoms with Gasteiger partial charge in [0.05, 0.1) is 12.7 Å². The number of aromatic nitrogens is 1. The highest BCUT2D eigenvalue weighted by molar-refractivity contribution is 7.80. The van der Waals surface area contributed by atoms with Gasteiger partial charge in [0, 0.05) is 23.6 Å². The van der Waals surface area contributed by atoms with Crippen LogP contribution < -0.4 is 4.74 Å². The number of nitrogens with zero attached hydrogens (tertiary/aromatic N) is 1. The summed E-state index contributed by atoms with van der Waals surface area (Å²) in [6, 6.07) is 3.34. The summed E-state index contributed by atoms with van der Waals surface area (Å²) < 4.78 is 5.16. The van der Waals surface area contributed by atoms with Crippen molar-refractivity contribution in [2.45, 2.75) is 19.1 Å². The Bertz CT molecular complexity index is 291. The summed E-state index contributed by atoms with van der Waals surface area (Å²) in [7, 11) is 0. The predicted molar refractivity (Wildman–Crippen MR) is 60.2 cm³/mol. The zero-order valence-corrected chi connectivity index (χ0v) is 9.39. The maximum Gasteiger partial charge on any atom is 0.213 e. The largest absolute Gasteiger partial charge is 0.478 e. The number of rotatable bonds is 5. The molecule has 2 atom stereocenters. The van der Waals surface area contributed by atoms with Crippen LogP contribution in [0.1, 0.15) is 18.6 Å². The van der Waals surface area contributed by atoms with E-state index in [-0.39, 0.29) is 5.75 Å². The number of aliphatic hydroxyl groups is 2. The molecule has 0 saturated heterocycles. The van der Waals surface area contributed by atoms with Crippen molar-refractivity contribution in [3.05, 3.63) is 23.9 Å². The van der Waals surface area contributed by atoms with Crippen LogP contribution in [0.15, 0.2) is 18.3 Å². The van der Waals surface area contributed by atoms with Gasteiger partial charge in [-0.15, -0.1) is 0 Å². The van der Waals surface area contributed by atoms with Gasteiger partial charge in [0.2, 0.25) is 5.88 Å². The molecule has 0 fully saturated rings. The number of aliphatic hydroxyl groups excluding tert-OH is 2. The second kappa shape index (κ2) is 5.95. The number of ether oxygens (including phenoxy) is 1. The lowest BCUT2D eigenvalue weighted by molar-refractivity contribution is 0.0335. The van der Waals surface area contributed by atoms with Crippen LogP contribution in [-0.2, 0) is 0 Å². The predicted octanol–water partition coefficient (Wildman–Crippen LogP) is 0.804. The van der Waals surface area contributed by atoms with Crippen LogP contribution in [0.25, 0.3) is 0 Å². The first-order valence-electron chi connectivity index (χ1n) is 4.74. The highest BCUT2D eigenvalue weighted by Gasteiger charge is 2.16. The molecule has 0 aromatic carbocycles. The third kappa shape index (κ3) is 3.37. The Morgan fingerprint density at radius 1 is 1.47 bits per heavy atom. The smallest absolute Gasteiger partial charge is 0.213 e. The van der Waals surface area contributed by atoms with E-state index in [1.54, 1.807) is 12.1 Å². The minimum atomic E-state index is -0.953. The van der Waals surface area contributed by atoms with E-state index in [0.29, 0.717) is 18.1 Å². The molecule has 2 unspecified atom stereocenters. The maximum atomic E-state index is 9.63. The van der Waals surface area contributed by atoms with Crippen molar-refractivity contribution < 1.29 is 14.9 Å². The summed E-state index contributed by atoms with van der Waals surface area (Å²) in [5.41, 5.74) is 0.556. The Hall–Kier alpha value is -0.780. The molecule has 4 nitrogen and oxygen atoms in total. The third-order valence-corrected chi connectivity index (χ3v) is 2.32. The van der Waals surface area contributed by atoms with E-state index in [9.17, 15) is 10.2 Å². The lowest BCUT2D eigenvalue weighted by Crippen LogP contribution is -2.19. The Morgan fingerprint density at radius 2 is 2.20 bits per heavy atom. The summed E-state index contributed by atoms with van der Waals surface area (Å²) in [5, 5.41) is 19.0. The average Bonchev–Trinajstić information content (AvgIpc) is 2.28. The SMILES string of the molecule is CCOc1ccc(C(O)C(O)CS)cn1. The Kier molecular flexibility index (Phi) is 4.87. The van der Waals surface area contributed by atoms with Crippen molar-refractivity contribution in [2.75, 3.05) is 12.4 Å². The van der Waals surface area contributed by atoms with Crippen LogP contribution in [-0.4, -0.2) is 33.7 Å². The molecule has 84 valence electrons. The molecule has 0 saturated carbocycles. The second-order valence-electron chi connectivity index (χ2n) is 3.06. The fraction of sp³-hybridized carbons (Fsp3) is 0.500. The molecule has 15 heavy (non-hydrogen) atoms. The molecule has 0 aliphatic rings. The van der Waals surface area contributed by atoms with E-state index in [1.807, 2.05) is 6.92 Å². The maximum absolute atomic E-state index is 9.63. The molecule has 1 heterocycles. The summed E-state index contributed by atoms with van der Waals surface area (Å²) in [6.45, 7) is 2.42. The van der Waals surface area contributed by atoms with Crippen LogP contribution in [0.2, 0.25) is 0 Å². The lowest BCUT2D eigenvalue weighted by atomic mass is 10.1. The highest BCUT2D eigenvalue weighted by Crippen LogP contribution is 2.18. The van der Waals surface area contributed by atoms with Crippen molar-refractivity contribution in [3.8, 4) is 5.88 Å². The van der Waals surface area contributed by atoms with Crippen LogP contribution >= 0.6 is 12.6 Å². The number of thiol groups is 1. The molecule has 1 aromatic heterocycles. The van der Waals surface area contributed by atoms with E-state index >= 15 is 0 Å². The minimum absolute atomic E-state index is 0.203. The van der Waals surface area contributed by atoms with Crippen LogP contribution in [0.4, 0.5) is 0 Å². The summed E-state index contributed by atoms with van der Waals surface area (Å²) in [5.74, 6) is 0.711. The molecule has 0 aliphatic heterocycles. The Balaban J connectivity index is 2.70. The summed E-state index contributed by atoms with van der Waals surface area (Å²) >= 11 is 3.90. The van der Waals surface area contributed by atoms with Gasteiger partial charge in [0.25, 0.3) is 0 Å². The first-order valence-corrected chi connectivity index (χ1v) is 5.38. The van der Waals surface area contributed by atoms with Gasteiger partial charge in [-0.25, -0.2) is 4.98 Å². The fourth-order valence-electron chi connectivity index (χ4n) is 1.12. The van der Waals surface area contributed by atoms with E-state index in [2.05, 4.69) is 17.6 Å². The quantitative estimate of drug-likeness (QED) is 0.654. The van der Waals surface area contributed by atoms with Gasteiger partial charge >= 0.3 is 0 Å². The molecule has 0 bridgehead atoms. The van der Waals surface area contributed by atoms with Gasteiger partial charge in [-0.3, -0.25) is 0 Å². The standard InChI is InChI=1S/C10H15NO3S/c1-2-14-9-4-3-7(5-11-9)10(13)8(12)6-15/h3-5,8,10,12-13,15H,2,6H2,1H3. The van der Waals surface area contributed by atoms with E-state index in [0.717, 1.165) is 0 Å². The van der Waals surface area contributed by atoms with Crippen LogP contribution in [0, 0.1) is 0 Å². The fourth-order valence-corrected chi connectivity index (χ4v) is 1.32.